The van der Waals surface area contributed by atoms with Crippen molar-refractivity contribution in [3.8, 4) is 16.9 Å². The molecule has 4 nitrogen and oxygen atoms in total. The molecule has 0 spiro atoms. The minimum atomic E-state index is -0.897. The Bertz CT molecular complexity index is 1060. The van der Waals surface area contributed by atoms with Crippen molar-refractivity contribution < 1.29 is 13.9 Å². The summed E-state index contributed by atoms with van der Waals surface area (Å²) in [5.41, 5.74) is 1.67. The molecule has 1 aliphatic rings. The number of halogens is 3. The first-order valence-corrected chi connectivity index (χ1v) is 10.3. The molecule has 1 saturated carbocycles. The highest BCUT2D eigenvalue weighted by Crippen LogP contribution is 2.36. The van der Waals surface area contributed by atoms with Gasteiger partial charge in [-0.1, -0.05) is 11.6 Å². The molecule has 1 heterocycles. The Balaban J connectivity index is 1.68. The number of aromatic nitrogens is 1. The third-order valence-electron chi connectivity index (χ3n) is 5.87. The van der Waals surface area contributed by atoms with Gasteiger partial charge in [0.1, 0.15) is 5.82 Å². The lowest BCUT2D eigenvalue weighted by Gasteiger charge is -2.33. The van der Waals surface area contributed by atoms with E-state index in [9.17, 15) is 13.9 Å². The van der Waals surface area contributed by atoms with Crippen LogP contribution in [0.15, 0.2) is 30.5 Å². The number of hydrogen-bond acceptors (Lipinski definition) is 4. The molecule has 0 atom stereocenters. The summed E-state index contributed by atoms with van der Waals surface area (Å²) in [6.07, 6.45) is 5.82. The molecule has 0 bridgehead atoms. The van der Waals surface area contributed by atoms with Crippen molar-refractivity contribution in [2.45, 2.75) is 37.8 Å². The Hall–Kier alpha value is -2.44. The molecule has 1 aliphatic carbocycles. The van der Waals surface area contributed by atoms with E-state index in [1.165, 1.54) is 18.3 Å². The van der Waals surface area contributed by atoms with E-state index in [1.54, 1.807) is 6.07 Å². The molecular formula is C23H23ClF2N3O. The monoisotopic (exact) mass is 430 g/mol. The van der Waals surface area contributed by atoms with Crippen LogP contribution in [0.25, 0.3) is 22.0 Å². The smallest absolute Gasteiger partial charge is 0.170 e. The van der Waals surface area contributed by atoms with Gasteiger partial charge in [0.2, 0.25) is 0 Å². The number of nitrogens with one attached hydrogen (secondary N) is 1. The van der Waals surface area contributed by atoms with Crippen LogP contribution in [0, 0.1) is 17.7 Å². The number of pyridine rings is 1. The lowest BCUT2D eigenvalue weighted by atomic mass is 9.90. The zero-order valence-electron chi connectivity index (χ0n) is 16.8. The zero-order valence-corrected chi connectivity index (χ0v) is 17.6. The Morgan fingerprint density at radius 3 is 2.50 bits per heavy atom. The molecule has 1 radical (unpaired) electrons. The summed E-state index contributed by atoms with van der Waals surface area (Å²) >= 11 is 5.89. The number of anilines is 1. The van der Waals surface area contributed by atoms with Crippen LogP contribution in [0.2, 0.25) is 5.02 Å². The van der Waals surface area contributed by atoms with Crippen molar-refractivity contribution in [2.75, 3.05) is 19.4 Å². The summed E-state index contributed by atoms with van der Waals surface area (Å²) in [6, 6.07) is 9.40. The second-order valence-corrected chi connectivity index (χ2v) is 8.44. The molecule has 1 fully saturated rings. The molecule has 30 heavy (non-hydrogen) atoms. The van der Waals surface area contributed by atoms with E-state index in [-0.39, 0.29) is 16.1 Å². The second-order valence-electron chi connectivity index (χ2n) is 8.03. The van der Waals surface area contributed by atoms with Crippen molar-refractivity contribution in [2.24, 2.45) is 0 Å². The number of benzene rings is 2. The number of aromatic hydroxyl groups is 1. The van der Waals surface area contributed by atoms with Gasteiger partial charge in [-0.05, 0) is 63.5 Å². The normalized spacial score (nSPS) is 19.4. The Kier molecular flexibility index (Phi) is 5.80. The minimum absolute atomic E-state index is 0.168. The van der Waals surface area contributed by atoms with Crippen LogP contribution in [0.1, 0.15) is 25.7 Å². The van der Waals surface area contributed by atoms with Gasteiger partial charge in [-0.3, -0.25) is 4.98 Å². The molecule has 0 unspecified atom stereocenters. The van der Waals surface area contributed by atoms with Crippen LogP contribution in [0.3, 0.4) is 0 Å². The topological polar surface area (TPSA) is 48.4 Å². The van der Waals surface area contributed by atoms with Crippen LogP contribution >= 0.6 is 11.6 Å². The highest BCUT2D eigenvalue weighted by Gasteiger charge is 2.23. The van der Waals surface area contributed by atoms with E-state index in [1.807, 2.05) is 0 Å². The summed E-state index contributed by atoms with van der Waals surface area (Å²) < 4.78 is 28.7. The van der Waals surface area contributed by atoms with E-state index in [4.69, 9.17) is 11.6 Å². The average molecular weight is 431 g/mol. The average Bonchev–Trinajstić information content (AvgIpc) is 2.71. The van der Waals surface area contributed by atoms with Gasteiger partial charge in [-0.25, -0.2) is 8.78 Å². The molecule has 2 aromatic carbocycles. The largest absolute Gasteiger partial charge is 0.504 e. The Morgan fingerprint density at radius 1 is 1.10 bits per heavy atom. The minimum Gasteiger partial charge on any atom is -0.504 e. The van der Waals surface area contributed by atoms with Crippen molar-refractivity contribution >= 4 is 28.2 Å². The maximum absolute atomic E-state index is 14.8. The van der Waals surface area contributed by atoms with E-state index in [0.717, 1.165) is 37.4 Å². The summed E-state index contributed by atoms with van der Waals surface area (Å²) in [4.78, 5) is 6.50. The maximum Gasteiger partial charge on any atom is 0.170 e. The summed E-state index contributed by atoms with van der Waals surface area (Å²) in [6.45, 7) is 0. The summed E-state index contributed by atoms with van der Waals surface area (Å²) in [5, 5.41) is 13.6. The first kappa shape index (κ1) is 20.8. The molecular weight excluding hydrogens is 408 g/mol. The Labute approximate surface area is 179 Å². The molecule has 2 N–H and O–H groups in total. The molecule has 157 valence electrons. The number of phenols is 1. The van der Waals surface area contributed by atoms with Crippen LogP contribution in [-0.4, -0.2) is 41.2 Å². The fraction of sp³-hybridized carbons (Fsp3) is 0.348. The fourth-order valence-corrected chi connectivity index (χ4v) is 4.32. The zero-order chi connectivity index (χ0) is 21.4. The standard InChI is InChI=1S/C23H23ClF2N3O/c1-29(2)15-5-3-14(4-6-15)28-21-7-8-27-22-12-19(25)16(11-17(21)22)13-9-18(24)23(30)20(26)10-13/h8-12,14-15,30H,3-6H2,1-2H3,(H,27,28). The summed E-state index contributed by atoms with van der Waals surface area (Å²) in [7, 11) is 4.22. The fourth-order valence-electron chi connectivity index (χ4n) is 4.12. The molecule has 3 aromatic rings. The highest BCUT2D eigenvalue weighted by atomic mass is 35.5. The van der Waals surface area contributed by atoms with E-state index in [0.29, 0.717) is 23.0 Å². The van der Waals surface area contributed by atoms with Crippen molar-refractivity contribution in [3.05, 3.63) is 53.2 Å². The van der Waals surface area contributed by atoms with Gasteiger partial charge in [-0.2, -0.15) is 0 Å². The maximum atomic E-state index is 14.8. The van der Waals surface area contributed by atoms with Crippen LogP contribution in [0.5, 0.6) is 5.75 Å². The van der Waals surface area contributed by atoms with Gasteiger partial charge in [0, 0.05) is 41.4 Å². The lowest BCUT2D eigenvalue weighted by Crippen LogP contribution is -2.36. The first-order valence-electron chi connectivity index (χ1n) is 9.94. The van der Waals surface area contributed by atoms with Gasteiger partial charge in [0.25, 0.3) is 0 Å². The van der Waals surface area contributed by atoms with Gasteiger partial charge < -0.3 is 15.3 Å². The molecule has 4 rings (SSSR count). The molecule has 0 amide bonds. The highest BCUT2D eigenvalue weighted by molar-refractivity contribution is 6.32. The number of hydrogen-bond donors (Lipinski definition) is 2. The quantitative estimate of drug-likeness (QED) is 0.563. The Morgan fingerprint density at radius 2 is 1.83 bits per heavy atom. The van der Waals surface area contributed by atoms with E-state index < -0.39 is 17.4 Å². The van der Waals surface area contributed by atoms with Crippen LogP contribution in [0.4, 0.5) is 14.5 Å². The SMILES string of the molecule is CN(C)C1CCC(Nc2[c]cnc3cc(F)c(-c4cc(F)c(O)c(Cl)c4)cc23)CC1. The van der Waals surface area contributed by atoms with Gasteiger partial charge >= 0.3 is 0 Å². The molecule has 0 aliphatic heterocycles. The van der Waals surface area contributed by atoms with Crippen molar-refractivity contribution in [3.63, 3.8) is 0 Å². The molecule has 7 heteroatoms. The van der Waals surface area contributed by atoms with Gasteiger partial charge in [0.15, 0.2) is 11.6 Å². The van der Waals surface area contributed by atoms with Crippen molar-refractivity contribution in [1.29, 1.82) is 0 Å². The number of fused-ring (bicyclic) bond motifs is 1. The van der Waals surface area contributed by atoms with Crippen molar-refractivity contribution in [1.82, 2.24) is 9.88 Å². The van der Waals surface area contributed by atoms with Crippen LogP contribution in [-0.2, 0) is 0 Å². The summed E-state index contributed by atoms with van der Waals surface area (Å²) in [5.74, 6) is -2.09. The third kappa shape index (κ3) is 4.07. The number of nitrogens with zero attached hydrogens (tertiary/aromatic N) is 2. The van der Waals surface area contributed by atoms with Gasteiger partial charge in [0.05, 0.1) is 16.2 Å². The molecule has 1 aromatic heterocycles. The van der Waals surface area contributed by atoms with E-state index >= 15 is 0 Å². The lowest BCUT2D eigenvalue weighted by molar-refractivity contribution is 0.221. The number of phenolic OH excluding ortho intramolecular Hbond substituents is 1. The predicted octanol–water partition coefficient (Wildman–Crippen LogP) is 5.62. The van der Waals surface area contributed by atoms with E-state index in [2.05, 4.69) is 35.4 Å². The third-order valence-corrected chi connectivity index (χ3v) is 6.16. The predicted molar refractivity (Wildman–Crippen MR) is 116 cm³/mol. The number of rotatable bonds is 4. The second kappa shape index (κ2) is 8.36. The molecule has 0 saturated heterocycles. The van der Waals surface area contributed by atoms with Gasteiger partial charge in [-0.15, -0.1) is 0 Å². The first-order chi connectivity index (χ1) is 14.3. The van der Waals surface area contributed by atoms with Crippen LogP contribution < -0.4 is 5.32 Å².